The quantitative estimate of drug-likeness (QED) is 0.499. The highest BCUT2D eigenvalue weighted by Gasteiger charge is 2.24. The Morgan fingerprint density at radius 3 is 2.53 bits per heavy atom. The summed E-state index contributed by atoms with van der Waals surface area (Å²) < 4.78 is 0. The van der Waals surface area contributed by atoms with Gasteiger partial charge in [-0.05, 0) is 43.9 Å². The number of quaternary nitrogens is 1. The van der Waals surface area contributed by atoms with Gasteiger partial charge in [0.15, 0.2) is 5.16 Å². The number of hydrogen-bond acceptors (Lipinski definition) is 5. The summed E-state index contributed by atoms with van der Waals surface area (Å²) in [5.41, 5.74) is 3.01. The number of rotatable bonds is 8. The highest BCUT2D eigenvalue weighted by Crippen LogP contribution is 2.24. The van der Waals surface area contributed by atoms with E-state index in [0.717, 1.165) is 60.3 Å². The van der Waals surface area contributed by atoms with Gasteiger partial charge in [-0.15, -0.1) is 0 Å². The molecule has 7 heteroatoms. The molecule has 6 nitrogen and oxygen atoms in total. The minimum Gasteiger partial charge on any atom is -0.349 e. The van der Waals surface area contributed by atoms with Crippen molar-refractivity contribution >= 4 is 23.5 Å². The number of piperazine rings is 1. The smallest absolute Gasteiger partial charge is 0.251 e. The van der Waals surface area contributed by atoms with Crippen molar-refractivity contribution in [1.29, 1.82) is 0 Å². The molecule has 1 saturated carbocycles. The van der Waals surface area contributed by atoms with E-state index in [9.17, 15) is 4.79 Å². The summed E-state index contributed by atoms with van der Waals surface area (Å²) in [4.78, 5) is 25.8. The monoisotopic (exact) mass is 426 g/mol. The number of nitrogens with one attached hydrogen (secondary N) is 2. The first kappa shape index (κ1) is 21.1. The van der Waals surface area contributed by atoms with Crippen LogP contribution in [0.4, 0.5) is 5.82 Å². The third kappa shape index (κ3) is 5.52. The summed E-state index contributed by atoms with van der Waals surface area (Å²) in [7, 11) is 0. The summed E-state index contributed by atoms with van der Waals surface area (Å²) in [6.07, 6.45) is 3.12. The van der Waals surface area contributed by atoms with E-state index in [1.807, 2.05) is 24.3 Å². The summed E-state index contributed by atoms with van der Waals surface area (Å²) >= 11 is 1.67. The third-order valence-corrected chi connectivity index (χ3v) is 6.82. The van der Waals surface area contributed by atoms with Crippen LogP contribution in [0.15, 0.2) is 35.5 Å². The lowest BCUT2D eigenvalue weighted by Crippen LogP contribution is -3.14. The Labute approximate surface area is 183 Å². The first-order valence-electron chi connectivity index (χ1n) is 11.1. The average molecular weight is 427 g/mol. The van der Waals surface area contributed by atoms with Gasteiger partial charge in [-0.25, -0.2) is 9.97 Å². The second kappa shape index (κ2) is 9.79. The normalized spacial score (nSPS) is 17.2. The van der Waals surface area contributed by atoms with Crippen LogP contribution in [0.1, 0.15) is 48.3 Å². The standard InChI is InChI=1S/C23H31N5OS/c1-3-19-15-21(28-13-11-27(4-2)12-14-28)26-23(25-19)30-16-17-5-7-18(8-6-17)22(29)24-20-9-10-20/h5-8,15,20H,3-4,9-14,16H2,1-2H3,(H,24,29)/p+1. The second-order valence-corrected chi connectivity index (χ2v) is 9.12. The first-order valence-corrected chi connectivity index (χ1v) is 12.1. The number of anilines is 1. The highest BCUT2D eigenvalue weighted by atomic mass is 32.2. The number of amides is 1. The van der Waals surface area contributed by atoms with Gasteiger partial charge in [0, 0.05) is 29.1 Å². The molecule has 160 valence electrons. The summed E-state index contributed by atoms with van der Waals surface area (Å²) in [6, 6.07) is 10.4. The minimum atomic E-state index is 0.0327. The summed E-state index contributed by atoms with van der Waals surface area (Å²) in [5, 5.41) is 3.87. The molecule has 2 aromatic rings. The van der Waals surface area contributed by atoms with E-state index >= 15 is 0 Å². The number of carbonyl (C=O) groups excluding carboxylic acids is 1. The van der Waals surface area contributed by atoms with Gasteiger partial charge >= 0.3 is 0 Å². The van der Waals surface area contributed by atoms with Gasteiger partial charge in [0.05, 0.1) is 32.7 Å². The molecular weight excluding hydrogens is 394 g/mol. The third-order valence-electron chi connectivity index (χ3n) is 5.90. The zero-order chi connectivity index (χ0) is 20.9. The van der Waals surface area contributed by atoms with Crippen molar-refractivity contribution in [3.8, 4) is 0 Å². The maximum Gasteiger partial charge on any atom is 0.251 e. The Balaban J connectivity index is 1.38. The number of aryl methyl sites for hydroxylation is 1. The van der Waals surface area contributed by atoms with Gasteiger partial charge in [-0.3, -0.25) is 4.79 Å². The van der Waals surface area contributed by atoms with Crippen LogP contribution in [0.25, 0.3) is 0 Å². The molecule has 0 radical (unpaired) electrons. The molecular formula is C23H32N5OS+. The zero-order valence-corrected chi connectivity index (χ0v) is 18.8. The first-order chi connectivity index (χ1) is 14.6. The Morgan fingerprint density at radius 2 is 1.90 bits per heavy atom. The highest BCUT2D eigenvalue weighted by molar-refractivity contribution is 7.98. The molecule has 0 bridgehead atoms. The molecule has 1 aromatic heterocycles. The molecule has 0 spiro atoms. The predicted molar refractivity (Wildman–Crippen MR) is 121 cm³/mol. The second-order valence-electron chi connectivity index (χ2n) is 8.18. The van der Waals surface area contributed by atoms with E-state index in [2.05, 4.69) is 30.1 Å². The van der Waals surface area contributed by atoms with Crippen LogP contribution in [0.2, 0.25) is 0 Å². The van der Waals surface area contributed by atoms with Gasteiger partial charge in [0.2, 0.25) is 0 Å². The molecule has 1 aromatic carbocycles. The molecule has 0 unspecified atom stereocenters. The summed E-state index contributed by atoms with van der Waals surface area (Å²) in [5.74, 6) is 1.89. The minimum absolute atomic E-state index is 0.0327. The number of thioether (sulfide) groups is 1. The average Bonchev–Trinajstić information content (AvgIpc) is 3.62. The number of carbonyl (C=O) groups is 1. The Morgan fingerprint density at radius 1 is 1.17 bits per heavy atom. The van der Waals surface area contributed by atoms with Crippen molar-refractivity contribution in [2.75, 3.05) is 37.6 Å². The van der Waals surface area contributed by atoms with E-state index in [4.69, 9.17) is 9.97 Å². The van der Waals surface area contributed by atoms with Crippen molar-refractivity contribution in [3.05, 3.63) is 47.2 Å². The van der Waals surface area contributed by atoms with E-state index in [1.54, 1.807) is 16.7 Å². The van der Waals surface area contributed by atoms with Gasteiger partial charge in [0.25, 0.3) is 5.91 Å². The molecule has 1 amide bonds. The lowest BCUT2D eigenvalue weighted by molar-refractivity contribution is -0.898. The van der Waals surface area contributed by atoms with Crippen LogP contribution >= 0.6 is 11.8 Å². The Kier molecular flexibility index (Phi) is 6.89. The molecule has 30 heavy (non-hydrogen) atoms. The van der Waals surface area contributed by atoms with Crippen LogP contribution in [-0.4, -0.2) is 54.6 Å². The van der Waals surface area contributed by atoms with Crippen molar-refractivity contribution in [3.63, 3.8) is 0 Å². The topological polar surface area (TPSA) is 62.6 Å². The van der Waals surface area contributed by atoms with E-state index < -0.39 is 0 Å². The molecule has 2 heterocycles. The number of aromatic nitrogens is 2. The molecule has 1 aliphatic carbocycles. The maximum atomic E-state index is 12.1. The molecule has 4 rings (SSSR count). The van der Waals surface area contributed by atoms with Gasteiger partial charge in [-0.1, -0.05) is 30.8 Å². The van der Waals surface area contributed by atoms with Gasteiger partial charge in [0.1, 0.15) is 5.82 Å². The van der Waals surface area contributed by atoms with Crippen LogP contribution in [0.5, 0.6) is 0 Å². The molecule has 2 fully saturated rings. The lowest BCUT2D eigenvalue weighted by atomic mass is 10.1. The van der Waals surface area contributed by atoms with E-state index in [-0.39, 0.29) is 5.91 Å². The number of hydrogen-bond donors (Lipinski definition) is 2. The van der Waals surface area contributed by atoms with Crippen molar-refractivity contribution in [2.45, 2.75) is 50.1 Å². The number of nitrogens with zero attached hydrogens (tertiary/aromatic N) is 3. The van der Waals surface area contributed by atoms with Gasteiger partial charge < -0.3 is 15.1 Å². The fourth-order valence-corrected chi connectivity index (χ4v) is 4.50. The van der Waals surface area contributed by atoms with E-state index in [1.165, 1.54) is 25.2 Å². The molecule has 1 aliphatic heterocycles. The van der Waals surface area contributed by atoms with Crippen LogP contribution in [0, 0.1) is 0 Å². The Hall–Kier alpha value is -2.12. The lowest BCUT2D eigenvalue weighted by Gasteiger charge is -2.32. The van der Waals surface area contributed by atoms with Crippen molar-refractivity contribution in [2.24, 2.45) is 0 Å². The van der Waals surface area contributed by atoms with Crippen LogP contribution in [0.3, 0.4) is 0 Å². The SMILES string of the molecule is CCc1cc(N2CC[NH+](CC)CC2)nc(SCc2ccc(C(=O)NC3CC3)cc2)n1. The fraction of sp³-hybridized carbons (Fsp3) is 0.522. The van der Waals surface area contributed by atoms with Crippen molar-refractivity contribution < 1.29 is 9.69 Å². The summed E-state index contributed by atoms with van der Waals surface area (Å²) in [6.45, 7) is 10.0. The molecule has 2 N–H and O–H groups in total. The zero-order valence-electron chi connectivity index (χ0n) is 18.0. The van der Waals surface area contributed by atoms with Gasteiger partial charge in [-0.2, -0.15) is 0 Å². The van der Waals surface area contributed by atoms with Crippen LogP contribution < -0.4 is 15.1 Å². The predicted octanol–water partition coefficient (Wildman–Crippen LogP) is 1.95. The Bertz CT molecular complexity index is 860. The largest absolute Gasteiger partial charge is 0.349 e. The number of likely N-dealkylation sites (N-methyl/N-ethyl adjacent to an activating group) is 1. The van der Waals surface area contributed by atoms with Crippen molar-refractivity contribution in [1.82, 2.24) is 15.3 Å². The maximum absolute atomic E-state index is 12.1. The van der Waals surface area contributed by atoms with E-state index in [0.29, 0.717) is 6.04 Å². The number of benzene rings is 1. The molecule has 0 atom stereocenters. The molecule has 2 aliphatic rings. The molecule has 1 saturated heterocycles. The fourth-order valence-electron chi connectivity index (χ4n) is 3.67. The van der Waals surface area contributed by atoms with Crippen LogP contribution in [-0.2, 0) is 12.2 Å².